The van der Waals surface area contributed by atoms with Crippen molar-refractivity contribution < 1.29 is 19.5 Å². The zero-order valence-electron chi connectivity index (χ0n) is 15.0. The van der Waals surface area contributed by atoms with Gasteiger partial charge in [-0.25, -0.2) is 9.79 Å². The van der Waals surface area contributed by atoms with Crippen LogP contribution in [0.1, 0.15) is 6.92 Å². The minimum Gasteiger partial charge on any atom is -0.479 e. The van der Waals surface area contributed by atoms with Crippen LogP contribution in [0, 0.1) is 0 Å². The van der Waals surface area contributed by atoms with E-state index in [0.717, 1.165) is 10.9 Å². The van der Waals surface area contributed by atoms with E-state index in [1.807, 2.05) is 0 Å². The molecule has 2 aromatic rings. The number of hydroxylamine groups is 1. The first-order valence-electron chi connectivity index (χ1n) is 8.11. The lowest BCUT2D eigenvalue weighted by molar-refractivity contribution is -0.147. The summed E-state index contributed by atoms with van der Waals surface area (Å²) in [4.78, 5) is 17.6. The molecule has 3 rings (SSSR count). The van der Waals surface area contributed by atoms with E-state index in [-0.39, 0.29) is 5.96 Å². The van der Waals surface area contributed by atoms with Crippen LogP contribution in [0.4, 0.5) is 17.1 Å². The Morgan fingerprint density at radius 1 is 1.30 bits per heavy atom. The van der Waals surface area contributed by atoms with Gasteiger partial charge in [0.15, 0.2) is 6.10 Å². The summed E-state index contributed by atoms with van der Waals surface area (Å²) in [5.41, 5.74) is 4.82. The molecule has 9 heteroatoms. The third kappa shape index (κ3) is 4.07. The Hall–Kier alpha value is -2.97. The third-order valence-electron chi connectivity index (χ3n) is 3.96. The molecule has 1 aliphatic rings. The molecule has 1 unspecified atom stereocenters. The number of nitrogens with one attached hydrogen (secondary N) is 1. The highest BCUT2D eigenvalue weighted by Gasteiger charge is 2.22. The summed E-state index contributed by atoms with van der Waals surface area (Å²) in [6.07, 6.45) is -0.707. The van der Waals surface area contributed by atoms with Gasteiger partial charge >= 0.3 is 5.97 Å². The van der Waals surface area contributed by atoms with Gasteiger partial charge in [-0.2, -0.15) is 0 Å². The maximum atomic E-state index is 11.4. The van der Waals surface area contributed by atoms with Gasteiger partial charge in [0.2, 0.25) is 0 Å². The number of aliphatic imine (C=N–C) groups is 1. The molecular formula is C18H19ClN4O4. The van der Waals surface area contributed by atoms with Gasteiger partial charge in [-0.1, -0.05) is 11.6 Å². The second-order valence-corrected chi connectivity index (χ2v) is 6.27. The van der Waals surface area contributed by atoms with Gasteiger partial charge in [0.25, 0.3) is 5.96 Å². The molecule has 0 radical (unpaired) electrons. The Balaban J connectivity index is 1.78. The van der Waals surface area contributed by atoms with Crippen LogP contribution in [-0.2, 0) is 9.53 Å². The molecule has 1 aliphatic heterocycles. The Kier molecular flexibility index (Phi) is 5.38. The van der Waals surface area contributed by atoms with Crippen molar-refractivity contribution in [2.75, 3.05) is 24.5 Å². The highest BCUT2D eigenvalue weighted by atomic mass is 35.5. The second kappa shape index (κ2) is 7.73. The molecule has 0 bridgehead atoms. The molecule has 27 heavy (non-hydrogen) atoms. The number of rotatable bonds is 4. The van der Waals surface area contributed by atoms with Gasteiger partial charge in [0, 0.05) is 17.8 Å². The number of benzene rings is 2. The number of methoxy groups -OCH3 is 1. The molecule has 142 valence electrons. The fraction of sp³-hybridized carbons (Fsp3) is 0.222. The number of nitrogens with zero attached hydrogens (tertiary/aromatic N) is 3. The maximum absolute atomic E-state index is 11.4. The van der Waals surface area contributed by atoms with Crippen LogP contribution in [-0.4, -0.2) is 42.6 Å². The average Bonchev–Trinajstić information content (AvgIpc) is 2.66. The van der Waals surface area contributed by atoms with E-state index >= 15 is 0 Å². The molecule has 2 N–H and O–H groups in total. The average molecular weight is 391 g/mol. The Morgan fingerprint density at radius 3 is 2.67 bits per heavy atom. The Labute approximate surface area is 161 Å². The molecule has 1 atom stereocenters. The first-order valence-corrected chi connectivity index (χ1v) is 8.49. The second-order valence-electron chi connectivity index (χ2n) is 5.83. The number of hydrogen-bond donors (Lipinski definition) is 2. The summed E-state index contributed by atoms with van der Waals surface area (Å²) in [5.74, 6) is 0.351. The van der Waals surface area contributed by atoms with E-state index in [1.54, 1.807) is 61.3 Å². The molecular weight excluding hydrogens is 372 g/mol. The minimum absolute atomic E-state index is 0.279. The van der Waals surface area contributed by atoms with Gasteiger partial charge in [-0.3, -0.25) is 10.6 Å². The predicted octanol–water partition coefficient (Wildman–Crippen LogP) is 3.44. The fourth-order valence-corrected chi connectivity index (χ4v) is 2.69. The van der Waals surface area contributed by atoms with Crippen molar-refractivity contribution in [2.45, 2.75) is 13.0 Å². The molecule has 0 aromatic heterocycles. The highest BCUT2D eigenvalue weighted by molar-refractivity contribution is 6.31. The van der Waals surface area contributed by atoms with Gasteiger partial charge in [0.05, 0.1) is 18.5 Å². The van der Waals surface area contributed by atoms with Crippen LogP contribution in [0.25, 0.3) is 0 Å². The lowest BCUT2D eigenvalue weighted by atomic mass is 10.2. The molecule has 0 aliphatic carbocycles. The number of anilines is 2. The van der Waals surface area contributed by atoms with Gasteiger partial charge in [-0.05, 0) is 49.4 Å². The lowest BCUT2D eigenvalue weighted by Crippen LogP contribution is -2.45. The lowest BCUT2D eigenvalue weighted by Gasteiger charge is -2.31. The summed E-state index contributed by atoms with van der Waals surface area (Å²) in [6.45, 7) is 1.61. The Bertz CT molecular complexity index is 872. The van der Waals surface area contributed by atoms with Crippen LogP contribution in [0.3, 0.4) is 0 Å². The first-order chi connectivity index (χ1) is 12.9. The molecule has 1 heterocycles. The van der Waals surface area contributed by atoms with E-state index in [0.29, 0.717) is 22.1 Å². The van der Waals surface area contributed by atoms with E-state index in [4.69, 9.17) is 16.3 Å². The van der Waals surface area contributed by atoms with Crippen molar-refractivity contribution in [2.24, 2.45) is 4.99 Å². The maximum Gasteiger partial charge on any atom is 0.346 e. The topological polar surface area (TPSA) is 86.6 Å². The summed E-state index contributed by atoms with van der Waals surface area (Å²) < 4.78 is 10.2. The fourth-order valence-electron chi connectivity index (χ4n) is 2.51. The number of fused-ring (bicyclic) bond motifs is 1. The summed E-state index contributed by atoms with van der Waals surface area (Å²) in [7, 11) is 3.07. The predicted molar refractivity (Wildman–Crippen MR) is 103 cm³/mol. The van der Waals surface area contributed by atoms with Crippen LogP contribution in [0.15, 0.2) is 47.5 Å². The number of ether oxygens (including phenoxy) is 2. The molecule has 0 spiro atoms. The molecule has 0 amide bonds. The summed E-state index contributed by atoms with van der Waals surface area (Å²) >= 11 is 5.96. The van der Waals surface area contributed by atoms with Crippen LogP contribution < -0.4 is 15.1 Å². The van der Waals surface area contributed by atoms with Gasteiger partial charge < -0.3 is 14.4 Å². The number of esters is 1. The molecule has 0 saturated heterocycles. The molecule has 2 aromatic carbocycles. The summed E-state index contributed by atoms with van der Waals surface area (Å²) in [5, 5.41) is 11.6. The monoisotopic (exact) mass is 390 g/mol. The summed E-state index contributed by atoms with van der Waals surface area (Å²) in [6, 6.07) is 12.2. The SMILES string of the molecule is COC(=O)C(C)Oc1ccc(N(C)C2=Nc3ccc(Cl)cc3NN2O)cc1. The third-order valence-corrected chi connectivity index (χ3v) is 4.20. The van der Waals surface area contributed by atoms with Crippen LogP contribution in [0.5, 0.6) is 5.75 Å². The van der Waals surface area contributed by atoms with Crippen molar-refractivity contribution in [3.05, 3.63) is 47.5 Å². The van der Waals surface area contributed by atoms with Gasteiger partial charge in [0.1, 0.15) is 5.75 Å². The van der Waals surface area contributed by atoms with Crippen LogP contribution >= 0.6 is 11.6 Å². The van der Waals surface area contributed by atoms with Crippen molar-refractivity contribution in [1.82, 2.24) is 5.17 Å². The van der Waals surface area contributed by atoms with Crippen molar-refractivity contribution in [1.29, 1.82) is 0 Å². The number of guanidine groups is 1. The highest BCUT2D eigenvalue weighted by Crippen LogP contribution is 2.32. The van der Waals surface area contributed by atoms with E-state index < -0.39 is 12.1 Å². The zero-order valence-corrected chi connectivity index (χ0v) is 15.8. The molecule has 0 fully saturated rings. The van der Waals surface area contributed by atoms with Gasteiger partial charge in [-0.15, -0.1) is 5.17 Å². The normalized spacial score (nSPS) is 13.8. The number of hydrogen-bond acceptors (Lipinski definition) is 8. The number of carbonyl (C=O) groups excluding carboxylic acids is 1. The zero-order chi connectivity index (χ0) is 19.6. The van der Waals surface area contributed by atoms with Crippen molar-refractivity contribution >= 4 is 40.6 Å². The quantitative estimate of drug-likeness (QED) is 0.773. The number of hydrazine groups is 1. The van der Waals surface area contributed by atoms with E-state index in [1.165, 1.54) is 7.11 Å². The molecule has 8 nitrogen and oxygen atoms in total. The standard InChI is InChI=1S/C18H19ClN4O4/c1-11(17(24)26-3)27-14-7-5-13(6-8-14)22(2)18-20-15-9-4-12(19)10-16(15)21-23(18)25/h4-11,21,25H,1-3H3. The molecule has 0 saturated carbocycles. The smallest absolute Gasteiger partial charge is 0.346 e. The van der Waals surface area contributed by atoms with Crippen molar-refractivity contribution in [3.8, 4) is 5.75 Å². The number of carbonyl (C=O) groups is 1. The minimum atomic E-state index is -0.707. The van der Waals surface area contributed by atoms with Crippen molar-refractivity contribution in [3.63, 3.8) is 0 Å². The largest absolute Gasteiger partial charge is 0.479 e. The number of halogens is 1. The van der Waals surface area contributed by atoms with E-state index in [9.17, 15) is 10.0 Å². The van der Waals surface area contributed by atoms with E-state index in [2.05, 4.69) is 15.2 Å². The first kappa shape index (κ1) is 18.8. The van der Waals surface area contributed by atoms with Crippen LogP contribution in [0.2, 0.25) is 5.02 Å². The Morgan fingerprint density at radius 2 is 2.00 bits per heavy atom.